The number of nitrogens with zero attached hydrogens (tertiary/aromatic N) is 1. The Morgan fingerprint density at radius 3 is 2.56 bits per heavy atom. The lowest BCUT2D eigenvalue weighted by Gasteiger charge is -2.35. The van der Waals surface area contributed by atoms with Gasteiger partial charge in [-0.25, -0.2) is 13.6 Å². The van der Waals surface area contributed by atoms with E-state index in [1.54, 1.807) is 0 Å². The van der Waals surface area contributed by atoms with Crippen molar-refractivity contribution in [1.29, 1.82) is 0 Å². The minimum atomic E-state index is -3.32. The molecule has 18 heavy (non-hydrogen) atoms. The van der Waals surface area contributed by atoms with Gasteiger partial charge in [0.25, 0.3) is 0 Å². The molecule has 0 amide bonds. The largest absolute Gasteiger partial charge is 0.317 e. The fourth-order valence-electron chi connectivity index (χ4n) is 3.21. The second-order valence-corrected chi connectivity index (χ2v) is 7.45. The van der Waals surface area contributed by atoms with Crippen molar-refractivity contribution in [3.05, 3.63) is 0 Å². The quantitative estimate of drug-likeness (QED) is 0.756. The highest BCUT2D eigenvalue weighted by atomic mass is 32.2. The van der Waals surface area contributed by atoms with Gasteiger partial charge in [-0.05, 0) is 57.2 Å². The minimum Gasteiger partial charge on any atom is -0.317 e. The van der Waals surface area contributed by atoms with Crippen molar-refractivity contribution in [2.75, 3.05) is 38.5 Å². The van der Waals surface area contributed by atoms with Gasteiger partial charge >= 0.3 is 0 Å². The van der Waals surface area contributed by atoms with E-state index in [2.05, 4.69) is 10.2 Å². The maximum atomic E-state index is 11.1. The second-order valence-electron chi connectivity index (χ2n) is 5.79. The van der Waals surface area contributed by atoms with Gasteiger partial charge < -0.3 is 10.2 Å². The number of nitrogens with two attached hydrogens (primary N) is 1. The Hall–Kier alpha value is -0.170. The van der Waals surface area contributed by atoms with Crippen LogP contribution in [0.25, 0.3) is 0 Å². The van der Waals surface area contributed by atoms with Gasteiger partial charge in [0.05, 0.1) is 5.75 Å². The van der Waals surface area contributed by atoms with E-state index in [1.807, 2.05) is 0 Å². The molecule has 2 heterocycles. The molecule has 1 atom stereocenters. The Bertz CT molecular complexity index is 352. The third kappa shape index (κ3) is 4.84. The van der Waals surface area contributed by atoms with Crippen LogP contribution in [0.1, 0.15) is 25.7 Å². The summed E-state index contributed by atoms with van der Waals surface area (Å²) < 4.78 is 22.3. The highest BCUT2D eigenvalue weighted by Gasteiger charge is 2.25. The van der Waals surface area contributed by atoms with Crippen molar-refractivity contribution in [3.63, 3.8) is 0 Å². The van der Waals surface area contributed by atoms with Crippen molar-refractivity contribution in [3.8, 4) is 0 Å². The molecule has 106 valence electrons. The zero-order chi connectivity index (χ0) is 13.0. The summed E-state index contributed by atoms with van der Waals surface area (Å²) in [6.45, 7) is 5.40. The van der Waals surface area contributed by atoms with E-state index in [0.29, 0.717) is 0 Å². The van der Waals surface area contributed by atoms with Crippen molar-refractivity contribution < 1.29 is 8.42 Å². The second kappa shape index (κ2) is 6.32. The molecule has 6 heteroatoms. The van der Waals surface area contributed by atoms with Gasteiger partial charge in [-0.2, -0.15) is 0 Å². The summed E-state index contributed by atoms with van der Waals surface area (Å²) in [5.41, 5.74) is 0. The SMILES string of the molecule is NS(=O)(=O)CC1CCCN(CC2CCNCC2)C1. The summed E-state index contributed by atoms with van der Waals surface area (Å²) in [4.78, 5) is 2.44. The molecule has 3 N–H and O–H groups in total. The molecule has 0 bridgehead atoms. The van der Waals surface area contributed by atoms with Gasteiger partial charge in [0.15, 0.2) is 0 Å². The van der Waals surface area contributed by atoms with Crippen molar-refractivity contribution in [2.24, 2.45) is 17.0 Å². The van der Waals surface area contributed by atoms with E-state index in [-0.39, 0.29) is 11.7 Å². The van der Waals surface area contributed by atoms with E-state index < -0.39 is 10.0 Å². The Kier molecular flexibility index (Phi) is 5.00. The van der Waals surface area contributed by atoms with Crippen LogP contribution in [0.15, 0.2) is 0 Å². The zero-order valence-electron chi connectivity index (χ0n) is 11.0. The molecule has 0 aromatic heterocycles. The smallest absolute Gasteiger partial charge is 0.209 e. The predicted molar refractivity (Wildman–Crippen MR) is 72.7 cm³/mol. The summed E-state index contributed by atoms with van der Waals surface area (Å²) >= 11 is 0. The van der Waals surface area contributed by atoms with Gasteiger partial charge in [-0.15, -0.1) is 0 Å². The van der Waals surface area contributed by atoms with E-state index in [4.69, 9.17) is 5.14 Å². The minimum absolute atomic E-state index is 0.149. The summed E-state index contributed by atoms with van der Waals surface area (Å²) in [5, 5.41) is 8.52. The Labute approximate surface area is 110 Å². The summed E-state index contributed by atoms with van der Waals surface area (Å²) in [6.07, 6.45) is 4.59. The van der Waals surface area contributed by atoms with E-state index >= 15 is 0 Å². The van der Waals surface area contributed by atoms with Crippen LogP contribution in [0.3, 0.4) is 0 Å². The van der Waals surface area contributed by atoms with Crippen LogP contribution in [0.4, 0.5) is 0 Å². The van der Waals surface area contributed by atoms with Crippen LogP contribution in [0.2, 0.25) is 0 Å². The van der Waals surface area contributed by atoms with E-state index in [1.165, 1.54) is 12.8 Å². The lowest BCUT2D eigenvalue weighted by Crippen LogP contribution is -2.43. The summed E-state index contributed by atoms with van der Waals surface area (Å²) in [7, 11) is -3.32. The van der Waals surface area contributed by atoms with Crippen molar-refractivity contribution in [2.45, 2.75) is 25.7 Å². The average Bonchev–Trinajstić information content (AvgIpc) is 2.28. The molecule has 0 saturated carbocycles. The highest BCUT2D eigenvalue weighted by Crippen LogP contribution is 2.21. The fourth-order valence-corrected chi connectivity index (χ4v) is 4.14. The fraction of sp³-hybridized carbons (Fsp3) is 1.00. The topological polar surface area (TPSA) is 75.4 Å². The maximum absolute atomic E-state index is 11.1. The molecule has 1 unspecified atom stereocenters. The molecule has 2 saturated heterocycles. The lowest BCUT2D eigenvalue weighted by atomic mass is 9.94. The molecule has 0 spiro atoms. The molecule has 2 aliphatic rings. The number of nitrogens with one attached hydrogen (secondary N) is 1. The monoisotopic (exact) mass is 275 g/mol. The van der Waals surface area contributed by atoms with Crippen LogP contribution in [-0.4, -0.2) is 51.8 Å². The van der Waals surface area contributed by atoms with Crippen LogP contribution in [0.5, 0.6) is 0 Å². The van der Waals surface area contributed by atoms with Crippen LogP contribution >= 0.6 is 0 Å². The maximum Gasteiger partial charge on any atom is 0.209 e. The number of rotatable bonds is 4. The Balaban J connectivity index is 1.79. The number of sulfonamides is 1. The molecule has 0 aromatic rings. The standard InChI is InChI=1S/C12H25N3O2S/c13-18(16,17)10-12-2-1-7-15(9-12)8-11-3-5-14-6-4-11/h11-12,14H,1-10H2,(H2,13,16,17). The predicted octanol–water partition coefficient (Wildman–Crippen LogP) is -0.0135. The van der Waals surface area contributed by atoms with Gasteiger partial charge in [0.2, 0.25) is 10.0 Å². The van der Waals surface area contributed by atoms with Gasteiger partial charge in [-0.3, -0.25) is 0 Å². The zero-order valence-corrected chi connectivity index (χ0v) is 11.8. The van der Waals surface area contributed by atoms with Crippen molar-refractivity contribution >= 4 is 10.0 Å². The van der Waals surface area contributed by atoms with E-state index in [0.717, 1.165) is 51.5 Å². The normalized spacial score (nSPS) is 28.4. The number of hydrogen-bond donors (Lipinski definition) is 2. The van der Waals surface area contributed by atoms with Crippen LogP contribution < -0.4 is 10.5 Å². The molecule has 0 aliphatic carbocycles. The van der Waals surface area contributed by atoms with Crippen molar-refractivity contribution in [1.82, 2.24) is 10.2 Å². The molecule has 2 fully saturated rings. The third-order valence-electron chi connectivity index (χ3n) is 4.05. The Morgan fingerprint density at radius 2 is 1.89 bits per heavy atom. The summed E-state index contributed by atoms with van der Waals surface area (Å²) in [5.74, 6) is 1.16. The first-order valence-electron chi connectivity index (χ1n) is 6.96. The molecule has 5 nitrogen and oxygen atoms in total. The number of piperidine rings is 2. The number of primary sulfonamides is 1. The number of likely N-dealkylation sites (tertiary alicyclic amines) is 1. The third-order valence-corrected chi connectivity index (χ3v) is 4.98. The molecular formula is C12H25N3O2S. The molecule has 2 rings (SSSR count). The first-order chi connectivity index (χ1) is 8.53. The first-order valence-corrected chi connectivity index (χ1v) is 8.68. The highest BCUT2D eigenvalue weighted by molar-refractivity contribution is 7.89. The first kappa shape index (κ1) is 14.2. The van der Waals surface area contributed by atoms with Gasteiger partial charge in [0.1, 0.15) is 0 Å². The van der Waals surface area contributed by atoms with E-state index in [9.17, 15) is 8.42 Å². The molecular weight excluding hydrogens is 250 g/mol. The van der Waals surface area contributed by atoms with Gasteiger partial charge in [-0.1, -0.05) is 0 Å². The Morgan fingerprint density at radius 1 is 1.17 bits per heavy atom. The molecule has 0 radical (unpaired) electrons. The van der Waals surface area contributed by atoms with Crippen LogP contribution in [-0.2, 0) is 10.0 Å². The van der Waals surface area contributed by atoms with Gasteiger partial charge in [0, 0.05) is 13.1 Å². The average molecular weight is 275 g/mol. The molecule has 2 aliphatic heterocycles. The molecule has 0 aromatic carbocycles. The lowest BCUT2D eigenvalue weighted by molar-refractivity contribution is 0.147. The summed E-state index contributed by atoms with van der Waals surface area (Å²) in [6, 6.07) is 0. The van der Waals surface area contributed by atoms with Crippen LogP contribution in [0, 0.1) is 11.8 Å². The number of hydrogen-bond acceptors (Lipinski definition) is 4.